The van der Waals surface area contributed by atoms with Crippen LogP contribution in [0, 0.1) is 16.7 Å². The molecule has 1 heteroatoms. The average Bonchev–Trinajstić information content (AvgIpc) is 2.48. The molecule has 0 bridgehead atoms. The number of rotatable bonds is 2. The van der Waals surface area contributed by atoms with Crippen molar-refractivity contribution < 1.29 is 0 Å². The fourth-order valence-corrected chi connectivity index (χ4v) is 3.07. The summed E-state index contributed by atoms with van der Waals surface area (Å²) < 4.78 is 0. The van der Waals surface area contributed by atoms with Gasteiger partial charge in [-0.3, -0.25) is 0 Å². The Kier molecular flexibility index (Phi) is 3.09. The summed E-state index contributed by atoms with van der Waals surface area (Å²) in [6.45, 7) is 0. The van der Waals surface area contributed by atoms with Gasteiger partial charge in [0.25, 0.3) is 0 Å². The molecule has 0 spiro atoms. The molecule has 94 valence electrons. The van der Waals surface area contributed by atoms with Gasteiger partial charge in [-0.1, -0.05) is 54.6 Å². The summed E-state index contributed by atoms with van der Waals surface area (Å²) >= 11 is 0. The molecule has 0 amide bonds. The van der Waals surface area contributed by atoms with Crippen LogP contribution in [0.5, 0.6) is 0 Å². The minimum Gasteiger partial charge on any atom is -0.198 e. The first-order valence-corrected chi connectivity index (χ1v) is 6.83. The molecule has 1 atom stereocenters. The number of benzene rings is 2. The first kappa shape index (κ1) is 12.0. The fourth-order valence-electron chi connectivity index (χ4n) is 3.07. The van der Waals surface area contributed by atoms with Gasteiger partial charge in [-0.2, -0.15) is 5.26 Å². The topological polar surface area (TPSA) is 23.8 Å². The number of nitrogens with zero attached hydrogens (tertiary/aromatic N) is 1. The molecule has 0 aliphatic heterocycles. The Morgan fingerprint density at radius 2 is 1.63 bits per heavy atom. The normalized spacial score (nSPS) is 21.4. The van der Waals surface area contributed by atoms with Gasteiger partial charge in [-0.05, 0) is 42.4 Å². The molecular weight excluding hydrogens is 230 g/mol. The zero-order valence-corrected chi connectivity index (χ0v) is 11.0. The lowest BCUT2D eigenvalue weighted by molar-refractivity contribution is 0.339. The number of hydrogen-bond donors (Lipinski definition) is 0. The number of nitriles is 1. The van der Waals surface area contributed by atoms with Crippen molar-refractivity contribution >= 4 is 0 Å². The van der Waals surface area contributed by atoms with Gasteiger partial charge in [0.05, 0.1) is 11.5 Å². The van der Waals surface area contributed by atoms with Crippen molar-refractivity contribution in [3.8, 4) is 6.07 Å². The third-order valence-corrected chi connectivity index (χ3v) is 4.14. The zero-order chi connectivity index (χ0) is 13.1. The van der Waals surface area contributed by atoms with Crippen LogP contribution in [0.3, 0.4) is 0 Å². The number of aryl methyl sites for hydroxylation is 1. The maximum absolute atomic E-state index is 9.68. The summed E-state index contributed by atoms with van der Waals surface area (Å²) in [6, 6.07) is 21.5. The standard InChI is InChI=1S/C18H17N/c19-14-18(12-15-6-2-1-3-7-15)11-10-16-8-4-5-9-17(16)13-18/h1-9H,10-13H2. The van der Waals surface area contributed by atoms with E-state index in [1.54, 1.807) is 0 Å². The van der Waals surface area contributed by atoms with Crippen LogP contribution in [0.4, 0.5) is 0 Å². The monoisotopic (exact) mass is 247 g/mol. The molecule has 2 aromatic carbocycles. The Labute approximate surface area is 114 Å². The van der Waals surface area contributed by atoms with E-state index in [4.69, 9.17) is 0 Å². The lowest BCUT2D eigenvalue weighted by atomic mass is 9.69. The van der Waals surface area contributed by atoms with Gasteiger partial charge in [0.2, 0.25) is 0 Å². The van der Waals surface area contributed by atoms with Gasteiger partial charge in [0.1, 0.15) is 0 Å². The maximum atomic E-state index is 9.68. The Balaban J connectivity index is 1.89. The van der Waals surface area contributed by atoms with E-state index in [0.717, 1.165) is 25.7 Å². The molecule has 1 aliphatic rings. The summed E-state index contributed by atoms with van der Waals surface area (Å²) in [5, 5.41) is 9.68. The molecule has 2 aromatic rings. The van der Waals surface area contributed by atoms with Crippen molar-refractivity contribution in [1.29, 1.82) is 5.26 Å². The summed E-state index contributed by atoms with van der Waals surface area (Å²) in [5.74, 6) is 0. The van der Waals surface area contributed by atoms with Gasteiger partial charge in [0, 0.05) is 0 Å². The summed E-state index contributed by atoms with van der Waals surface area (Å²) in [5.41, 5.74) is 3.81. The van der Waals surface area contributed by atoms with Crippen LogP contribution in [-0.4, -0.2) is 0 Å². The molecule has 0 heterocycles. The van der Waals surface area contributed by atoms with E-state index in [0.29, 0.717) is 0 Å². The van der Waals surface area contributed by atoms with E-state index >= 15 is 0 Å². The van der Waals surface area contributed by atoms with Crippen LogP contribution in [0.2, 0.25) is 0 Å². The van der Waals surface area contributed by atoms with Crippen LogP contribution in [0.25, 0.3) is 0 Å². The zero-order valence-electron chi connectivity index (χ0n) is 11.0. The van der Waals surface area contributed by atoms with Crippen LogP contribution in [0.1, 0.15) is 23.1 Å². The highest BCUT2D eigenvalue weighted by atomic mass is 14.4. The predicted octanol–water partition coefficient (Wildman–Crippen LogP) is 3.93. The largest absolute Gasteiger partial charge is 0.198 e. The lowest BCUT2D eigenvalue weighted by Crippen LogP contribution is -2.29. The van der Waals surface area contributed by atoms with E-state index in [1.165, 1.54) is 16.7 Å². The molecule has 0 saturated heterocycles. The Morgan fingerprint density at radius 1 is 0.947 bits per heavy atom. The lowest BCUT2D eigenvalue weighted by Gasteiger charge is -2.32. The Morgan fingerprint density at radius 3 is 2.37 bits per heavy atom. The fraction of sp³-hybridized carbons (Fsp3) is 0.278. The van der Waals surface area contributed by atoms with Gasteiger partial charge in [-0.15, -0.1) is 0 Å². The second kappa shape index (κ2) is 4.90. The van der Waals surface area contributed by atoms with Crippen LogP contribution in [0.15, 0.2) is 54.6 Å². The Bertz CT molecular complexity index is 609. The molecule has 0 aromatic heterocycles. The van der Waals surface area contributed by atoms with Gasteiger partial charge in [-0.25, -0.2) is 0 Å². The van der Waals surface area contributed by atoms with E-state index in [1.807, 2.05) is 6.07 Å². The van der Waals surface area contributed by atoms with Crippen molar-refractivity contribution in [2.75, 3.05) is 0 Å². The third-order valence-electron chi connectivity index (χ3n) is 4.14. The quantitative estimate of drug-likeness (QED) is 0.789. The molecule has 19 heavy (non-hydrogen) atoms. The van der Waals surface area contributed by atoms with Crippen molar-refractivity contribution in [3.63, 3.8) is 0 Å². The van der Waals surface area contributed by atoms with Crippen LogP contribution in [-0.2, 0) is 19.3 Å². The summed E-state index contributed by atoms with van der Waals surface area (Å²) in [7, 11) is 0. The van der Waals surface area contributed by atoms with Crippen molar-refractivity contribution in [1.82, 2.24) is 0 Å². The highest BCUT2D eigenvalue weighted by Crippen LogP contribution is 2.37. The average molecular weight is 247 g/mol. The highest BCUT2D eigenvalue weighted by Gasteiger charge is 2.34. The molecular formula is C18H17N. The molecule has 1 aliphatic carbocycles. The SMILES string of the molecule is N#CC1(Cc2ccccc2)CCc2ccccc2C1. The number of hydrogen-bond acceptors (Lipinski definition) is 1. The minimum atomic E-state index is -0.226. The highest BCUT2D eigenvalue weighted by molar-refractivity contribution is 5.34. The van der Waals surface area contributed by atoms with E-state index in [-0.39, 0.29) is 5.41 Å². The second-order valence-corrected chi connectivity index (χ2v) is 5.50. The van der Waals surface area contributed by atoms with Gasteiger partial charge in [0.15, 0.2) is 0 Å². The second-order valence-electron chi connectivity index (χ2n) is 5.50. The summed E-state index contributed by atoms with van der Waals surface area (Å²) in [4.78, 5) is 0. The van der Waals surface area contributed by atoms with Crippen LogP contribution < -0.4 is 0 Å². The first-order valence-electron chi connectivity index (χ1n) is 6.83. The van der Waals surface area contributed by atoms with E-state index in [9.17, 15) is 5.26 Å². The molecule has 3 rings (SSSR count). The predicted molar refractivity (Wildman–Crippen MR) is 76.7 cm³/mol. The van der Waals surface area contributed by atoms with Crippen molar-refractivity contribution in [2.45, 2.75) is 25.7 Å². The van der Waals surface area contributed by atoms with Gasteiger partial charge >= 0.3 is 0 Å². The van der Waals surface area contributed by atoms with Crippen molar-refractivity contribution in [2.24, 2.45) is 5.41 Å². The molecule has 1 nitrogen and oxygen atoms in total. The summed E-state index contributed by atoms with van der Waals surface area (Å²) in [6.07, 6.45) is 3.74. The smallest absolute Gasteiger partial charge is 0.0696 e. The third kappa shape index (κ3) is 2.39. The number of fused-ring (bicyclic) bond motifs is 1. The van der Waals surface area contributed by atoms with Crippen LogP contribution >= 0.6 is 0 Å². The molecule has 0 saturated carbocycles. The minimum absolute atomic E-state index is 0.226. The Hall–Kier alpha value is -2.07. The van der Waals surface area contributed by atoms with E-state index < -0.39 is 0 Å². The van der Waals surface area contributed by atoms with Crippen molar-refractivity contribution in [3.05, 3.63) is 71.3 Å². The maximum Gasteiger partial charge on any atom is 0.0696 e. The first-order chi connectivity index (χ1) is 9.31. The van der Waals surface area contributed by atoms with Gasteiger partial charge < -0.3 is 0 Å². The molecule has 1 unspecified atom stereocenters. The molecule has 0 radical (unpaired) electrons. The van der Waals surface area contributed by atoms with E-state index in [2.05, 4.69) is 54.6 Å². The molecule has 0 fully saturated rings. The molecule has 0 N–H and O–H groups in total.